The van der Waals surface area contributed by atoms with Crippen LogP contribution in [0.2, 0.25) is 36.3 Å². The molecular weight excluding hydrogens is 827 g/mol. The third kappa shape index (κ3) is 9.40. The summed E-state index contributed by atoms with van der Waals surface area (Å²) in [6.07, 6.45) is -6.34. The predicted octanol–water partition coefficient (Wildman–Crippen LogP) is 8.19. The van der Waals surface area contributed by atoms with Crippen molar-refractivity contribution < 1.29 is 57.5 Å². The molecule has 0 radical (unpaired) electrons. The molecule has 4 aliphatic rings. The van der Waals surface area contributed by atoms with Crippen molar-refractivity contribution in [3.05, 3.63) is 11.1 Å². The number of nitrogens with one attached hydrogen (secondary N) is 1. The second-order valence-corrected chi connectivity index (χ2v) is 30.8. The van der Waals surface area contributed by atoms with E-state index in [9.17, 15) is 24.9 Å². The Morgan fingerprint density at radius 2 is 1.48 bits per heavy atom. The number of aliphatic hydroxyl groups excluding tert-OH is 2. The molecule has 2 saturated carbocycles. The molecule has 3 aliphatic carbocycles. The van der Waals surface area contributed by atoms with Crippen molar-refractivity contribution in [2.24, 2.45) is 28.6 Å². The van der Waals surface area contributed by atoms with E-state index in [2.05, 4.69) is 46.9 Å². The van der Waals surface area contributed by atoms with Crippen molar-refractivity contribution in [1.29, 1.82) is 0 Å². The smallest absolute Gasteiger partial charge is 0.407 e. The lowest BCUT2D eigenvalue weighted by Gasteiger charge is -2.70. The molecule has 12 atom stereocenters. The highest BCUT2D eigenvalue weighted by atomic mass is 28.4. The van der Waals surface area contributed by atoms with Gasteiger partial charge < -0.3 is 48.4 Å². The Morgan fingerprint density at radius 3 is 1.94 bits per heavy atom. The van der Waals surface area contributed by atoms with Gasteiger partial charge in [0, 0.05) is 36.5 Å². The number of aliphatic hydroxyl groups is 3. The highest BCUT2D eigenvalue weighted by molar-refractivity contribution is 6.74. The number of ether oxygens (including phenoxy) is 4. The summed E-state index contributed by atoms with van der Waals surface area (Å²) in [5.41, 5.74) is -5.17. The average molecular weight is 912 g/mol. The van der Waals surface area contributed by atoms with Crippen LogP contribution in [0.5, 0.6) is 0 Å². The first-order valence-corrected chi connectivity index (χ1v) is 28.8. The van der Waals surface area contributed by atoms with Gasteiger partial charge in [-0.3, -0.25) is 4.79 Å². The molecule has 358 valence electrons. The molecule has 3 fully saturated rings. The van der Waals surface area contributed by atoms with Crippen LogP contribution in [0, 0.1) is 28.6 Å². The topological polar surface area (TPSA) is 179 Å². The molecule has 0 aromatic rings. The van der Waals surface area contributed by atoms with Gasteiger partial charge in [-0.15, -0.1) is 0 Å². The summed E-state index contributed by atoms with van der Waals surface area (Å²) in [5.74, 6) is -2.62. The van der Waals surface area contributed by atoms with Gasteiger partial charge in [-0.2, -0.15) is 0 Å². The first-order valence-electron chi connectivity index (χ1n) is 23.7. The largest absolute Gasteiger partial charge is 0.456 e. The van der Waals surface area contributed by atoms with Gasteiger partial charge in [-0.05, 0) is 93.4 Å². The number of rotatable bonds is 17. The summed E-state index contributed by atoms with van der Waals surface area (Å²) in [4.78, 5) is 41.5. The van der Waals surface area contributed by atoms with Crippen molar-refractivity contribution in [3.8, 4) is 0 Å². The molecule has 1 amide bonds. The van der Waals surface area contributed by atoms with Gasteiger partial charge in [0.1, 0.15) is 23.9 Å². The number of esters is 2. The molecule has 0 aromatic heterocycles. The van der Waals surface area contributed by atoms with Crippen molar-refractivity contribution in [2.75, 3.05) is 6.61 Å². The molecule has 62 heavy (non-hydrogen) atoms. The molecule has 4 N–H and O–H groups in total. The summed E-state index contributed by atoms with van der Waals surface area (Å²) in [6, 6.07) is 3.99. The number of amides is 1. The lowest BCUT2D eigenvalue weighted by molar-refractivity contribution is -0.356. The first-order chi connectivity index (χ1) is 28.6. The molecule has 2 unspecified atom stereocenters. The number of hydrogen-bond acceptors (Lipinski definition) is 12. The van der Waals surface area contributed by atoms with Gasteiger partial charge in [0.15, 0.2) is 28.3 Å². The number of hydrogen-bond donors (Lipinski definition) is 4. The number of alkyl carbamates (subject to hydrolysis) is 1. The van der Waals surface area contributed by atoms with Crippen LogP contribution in [0.4, 0.5) is 4.79 Å². The molecule has 4 rings (SSSR count). The van der Waals surface area contributed by atoms with Crippen molar-refractivity contribution in [1.82, 2.24) is 5.32 Å². The zero-order valence-electron chi connectivity index (χ0n) is 41.4. The van der Waals surface area contributed by atoms with Crippen LogP contribution >= 0.6 is 0 Å². The minimum Gasteiger partial charge on any atom is -0.456 e. The Morgan fingerprint density at radius 1 is 0.935 bits per heavy atom. The highest BCUT2D eigenvalue weighted by Gasteiger charge is 2.76. The highest BCUT2D eigenvalue weighted by Crippen LogP contribution is 2.67. The second-order valence-electron chi connectivity index (χ2n) is 21.4. The Hall–Kier alpha value is -1.86. The summed E-state index contributed by atoms with van der Waals surface area (Å²) in [6.45, 7) is 32.8. The van der Waals surface area contributed by atoms with Crippen molar-refractivity contribution in [2.45, 2.75) is 233 Å². The van der Waals surface area contributed by atoms with Gasteiger partial charge in [0.2, 0.25) is 0 Å². The van der Waals surface area contributed by atoms with Crippen LogP contribution in [0.1, 0.15) is 137 Å². The van der Waals surface area contributed by atoms with Crippen molar-refractivity contribution in [3.63, 3.8) is 0 Å². The molecule has 15 heteroatoms. The Bertz CT molecular complexity index is 1620. The Kier molecular flexibility index (Phi) is 16.3. The lowest BCUT2D eigenvalue weighted by atomic mass is 9.42. The molecule has 0 spiro atoms. The lowest BCUT2D eigenvalue weighted by Crippen LogP contribution is -2.81. The maximum Gasteiger partial charge on any atom is 0.407 e. The average Bonchev–Trinajstić information content (AvgIpc) is 3.17. The van der Waals surface area contributed by atoms with E-state index in [4.69, 9.17) is 27.8 Å². The number of carbonyl (C=O) groups is 3. The fraction of sp³-hybridized carbons (Fsp3) is 0.894. The second kappa shape index (κ2) is 19.2. The Balaban J connectivity index is 1.93. The molecule has 0 aromatic carbocycles. The fourth-order valence-corrected chi connectivity index (χ4v) is 17.9. The summed E-state index contributed by atoms with van der Waals surface area (Å²) < 4.78 is 39.1. The third-order valence-electron chi connectivity index (χ3n) is 16.3. The summed E-state index contributed by atoms with van der Waals surface area (Å²) in [5, 5.41) is 42.4. The van der Waals surface area contributed by atoms with E-state index in [1.807, 2.05) is 41.5 Å². The van der Waals surface area contributed by atoms with Crippen LogP contribution in [0.15, 0.2) is 11.1 Å². The van der Waals surface area contributed by atoms with E-state index in [1.54, 1.807) is 27.7 Å². The van der Waals surface area contributed by atoms with Crippen LogP contribution in [-0.2, 0) is 37.4 Å². The molecule has 1 saturated heterocycles. The predicted molar refractivity (Wildman–Crippen MR) is 244 cm³/mol. The van der Waals surface area contributed by atoms with Gasteiger partial charge in [-0.1, -0.05) is 83.1 Å². The molecule has 1 heterocycles. The van der Waals surface area contributed by atoms with E-state index in [1.165, 1.54) is 6.92 Å². The quantitative estimate of drug-likeness (QED) is 0.0477. The van der Waals surface area contributed by atoms with E-state index >= 15 is 4.79 Å². The van der Waals surface area contributed by atoms with Crippen LogP contribution in [0.3, 0.4) is 0 Å². The van der Waals surface area contributed by atoms with Gasteiger partial charge >= 0.3 is 18.0 Å². The van der Waals surface area contributed by atoms with Gasteiger partial charge in [-0.25, -0.2) is 9.59 Å². The molecule has 1 aliphatic heterocycles. The van der Waals surface area contributed by atoms with E-state index in [0.717, 1.165) is 36.3 Å². The standard InChI is InChI=1S/C47H85NO12Si2/c1-18-61(19-2,20-3)59-34-25-35-46(27-55-35,57-31(11)49)39-30(10)47(54)26-33(29(9)36(44(47,15)16)37(50)40(51)45(34,39)17)56-41(52)38(60-62(21-4,22-5)23-6)32(24-28(7)8)48-42(53)58-43(12,13)14/h28,30,32-35,37-40,50-51,54H,18-27H2,1-17H3,(H,48,53)/t30-,32-,33-,34?,35+,37-,38?,39-,40-,45+,46-,47+/m0/s1. The normalized spacial score (nSPS) is 34.4. The maximum absolute atomic E-state index is 15.0. The van der Waals surface area contributed by atoms with Crippen LogP contribution < -0.4 is 5.32 Å². The Labute approximate surface area is 375 Å². The number of carbonyl (C=O) groups excluding carboxylic acids is 3. The fourth-order valence-electron chi connectivity index (χ4n) is 12.2. The molecular formula is C47H85NO12Si2. The minimum atomic E-state index is -2.52. The minimum absolute atomic E-state index is 0.0542. The van der Waals surface area contributed by atoms with E-state index < -0.39 is 117 Å². The van der Waals surface area contributed by atoms with Crippen molar-refractivity contribution >= 4 is 34.7 Å². The maximum atomic E-state index is 15.0. The molecule has 2 bridgehead atoms. The van der Waals surface area contributed by atoms with E-state index in [-0.39, 0.29) is 18.9 Å². The monoisotopic (exact) mass is 912 g/mol. The number of fused-ring (bicyclic) bond motifs is 5. The van der Waals surface area contributed by atoms with E-state index in [0.29, 0.717) is 24.0 Å². The SMILES string of the molecule is CC[Si](CC)(CC)OC(C(=O)O[C@H]1C[C@@]2(O)[C@@H](C)[C@@H]3[C@]4(OC(C)=O)CO[C@@H]4CC(O[Si](CC)(CC)CC)[C@@]3(C)[C@@H](O)[C@@H](O)C(=C1C)C2(C)C)[C@H](CC(C)C)NC(=O)OC(C)(C)C. The van der Waals surface area contributed by atoms with Crippen LogP contribution in [0.25, 0.3) is 0 Å². The first kappa shape index (κ1) is 52.8. The molecule has 13 nitrogen and oxygen atoms in total. The van der Waals surface area contributed by atoms with Gasteiger partial charge in [0.05, 0.1) is 30.5 Å². The summed E-state index contributed by atoms with van der Waals surface area (Å²) in [7, 11) is -4.87. The van der Waals surface area contributed by atoms with Crippen LogP contribution in [-0.4, -0.2) is 116 Å². The third-order valence-corrected chi connectivity index (χ3v) is 25.5. The summed E-state index contributed by atoms with van der Waals surface area (Å²) >= 11 is 0. The zero-order chi connectivity index (χ0) is 47.2. The van der Waals surface area contributed by atoms with Gasteiger partial charge in [0.25, 0.3) is 0 Å². The zero-order valence-corrected chi connectivity index (χ0v) is 43.4.